The monoisotopic (exact) mass is 199 g/mol. The van der Waals surface area contributed by atoms with Gasteiger partial charge in [-0.1, -0.05) is 6.42 Å². The number of carbonyl (C=O) groups excluding carboxylic acids is 1. The van der Waals surface area contributed by atoms with Gasteiger partial charge in [0.15, 0.2) is 0 Å². The highest BCUT2D eigenvalue weighted by molar-refractivity contribution is 5.73. The van der Waals surface area contributed by atoms with Crippen LogP contribution >= 0.6 is 0 Å². The summed E-state index contributed by atoms with van der Waals surface area (Å²) >= 11 is 0. The molecule has 0 aromatic heterocycles. The average Bonchev–Trinajstić information content (AvgIpc) is 2.75. The van der Waals surface area contributed by atoms with Crippen LogP contribution in [-0.2, 0) is 14.3 Å². The largest absolute Gasteiger partial charge is 0.460 e. The van der Waals surface area contributed by atoms with Crippen LogP contribution in [0.15, 0.2) is 0 Å². The van der Waals surface area contributed by atoms with Crippen molar-refractivity contribution in [3.63, 3.8) is 0 Å². The van der Waals surface area contributed by atoms with Crippen molar-refractivity contribution >= 4 is 5.97 Å². The summed E-state index contributed by atoms with van der Waals surface area (Å²) in [7, 11) is 0. The maximum atomic E-state index is 11.7. The van der Waals surface area contributed by atoms with Crippen LogP contribution in [0.4, 0.5) is 0 Å². The van der Waals surface area contributed by atoms with Crippen LogP contribution in [0, 0.1) is 5.92 Å². The molecule has 4 nitrogen and oxygen atoms in total. The number of rotatable bonds is 2. The van der Waals surface area contributed by atoms with E-state index in [2.05, 4.69) is 0 Å². The zero-order valence-electron chi connectivity index (χ0n) is 8.28. The maximum absolute atomic E-state index is 11.7. The summed E-state index contributed by atoms with van der Waals surface area (Å²) in [6.07, 6.45) is 3.67. The molecule has 0 aromatic carbocycles. The second-order valence-electron chi connectivity index (χ2n) is 4.12. The van der Waals surface area contributed by atoms with Crippen molar-refractivity contribution in [2.75, 3.05) is 13.2 Å². The zero-order valence-corrected chi connectivity index (χ0v) is 8.28. The van der Waals surface area contributed by atoms with Crippen molar-refractivity contribution in [2.45, 2.75) is 37.8 Å². The van der Waals surface area contributed by atoms with Crippen molar-refractivity contribution < 1.29 is 14.3 Å². The first-order chi connectivity index (χ1) is 6.77. The molecule has 2 aliphatic rings. The Morgan fingerprint density at radius 1 is 1.36 bits per heavy atom. The second-order valence-corrected chi connectivity index (χ2v) is 4.12. The second kappa shape index (κ2) is 4.28. The van der Waals surface area contributed by atoms with Gasteiger partial charge in [-0.2, -0.15) is 0 Å². The third-order valence-corrected chi connectivity index (χ3v) is 3.04. The van der Waals surface area contributed by atoms with Gasteiger partial charge in [-0.15, -0.1) is 0 Å². The molecule has 1 heterocycles. The summed E-state index contributed by atoms with van der Waals surface area (Å²) in [5.74, 6) is -0.193. The highest BCUT2D eigenvalue weighted by Gasteiger charge is 2.33. The molecule has 2 fully saturated rings. The predicted octanol–water partition coefficient (Wildman–Crippen LogP) is 0.446. The third kappa shape index (κ3) is 2.07. The Morgan fingerprint density at radius 3 is 2.79 bits per heavy atom. The Bertz CT molecular complexity index is 213. The Kier molecular flexibility index (Phi) is 3.03. The van der Waals surface area contributed by atoms with Crippen LogP contribution in [0.2, 0.25) is 0 Å². The normalized spacial score (nSPS) is 37.4. The van der Waals surface area contributed by atoms with Gasteiger partial charge < -0.3 is 15.2 Å². The highest BCUT2D eigenvalue weighted by atomic mass is 16.6. The highest BCUT2D eigenvalue weighted by Crippen LogP contribution is 2.26. The predicted molar refractivity (Wildman–Crippen MR) is 50.6 cm³/mol. The Balaban J connectivity index is 1.82. The van der Waals surface area contributed by atoms with Crippen molar-refractivity contribution in [3.8, 4) is 0 Å². The summed E-state index contributed by atoms with van der Waals surface area (Å²) in [5, 5.41) is 0. The van der Waals surface area contributed by atoms with E-state index in [1.54, 1.807) is 0 Å². The van der Waals surface area contributed by atoms with Gasteiger partial charge in [-0.05, 0) is 12.8 Å². The molecule has 0 amide bonds. The Labute approximate surface area is 83.7 Å². The molecular weight excluding hydrogens is 182 g/mol. The molecule has 0 spiro atoms. The first kappa shape index (κ1) is 9.93. The fourth-order valence-electron chi connectivity index (χ4n) is 2.14. The van der Waals surface area contributed by atoms with Crippen molar-refractivity contribution in [1.29, 1.82) is 0 Å². The van der Waals surface area contributed by atoms with E-state index in [0.29, 0.717) is 13.2 Å². The first-order valence-corrected chi connectivity index (χ1v) is 5.31. The maximum Gasteiger partial charge on any atom is 0.310 e. The number of ether oxygens (including phenoxy) is 2. The molecule has 2 N–H and O–H groups in total. The lowest BCUT2D eigenvalue weighted by molar-refractivity contribution is -0.154. The van der Waals surface area contributed by atoms with Gasteiger partial charge in [-0.3, -0.25) is 4.79 Å². The minimum Gasteiger partial charge on any atom is -0.460 e. The molecule has 1 saturated heterocycles. The fourth-order valence-corrected chi connectivity index (χ4v) is 2.14. The minimum absolute atomic E-state index is 0.00446. The van der Waals surface area contributed by atoms with Gasteiger partial charge in [0.25, 0.3) is 0 Å². The molecule has 1 aliphatic carbocycles. The van der Waals surface area contributed by atoms with Crippen LogP contribution in [0.1, 0.15) is 25.7 Å². The zero-order chi connectivity index (χ0) is 9.97. The van der Waals surface area contributed by atoms with Gasteiger partial charge in [0.1, 0.15) is 6.10 Å². The summed E-state index contributed by atoms with van der Waals surface area (Å²) in [4.78, 5) is 11.7. The molecule has 2 rings (SSSR count). The molecule has 1 saturated carbocycles. The molecule has 0 bridgehead atoms. The van der Waals surface area contributed by atoms with Crippen molar-refractivity contribution in [1.82, 2.24) is 0 Å². The molecule has 0 aromatic rings. The topological polar surface area (TPSA) is 61.6 Å². The Morgan fingerprint density at radius 2 is 2.21 bits per heavy atom. The summed E-state index contributed by atoms with van der Waals surface area (Å²) in [6, 6.07) is 0.00446. The van der Waals surface area contributed by atoms with Crippen LogP contribution < -0.4 is 5.73 Å². The van der Waals surface area contributed by atoms with E-state index in [4.69, 9.17) is 15.2 Å². The van der Waals surface area contributed by atoms with Crippen LogP contribution in [0.5, 0.6) is 0 Å². The smallest absolute Gasteiger partial charge is 0.310 e. The molecule has 4 heteroatoms. The average molecular weight is 199 g/mol. The van der Waals surface area contributed by atoms with Gasteiger partial charge in [0.2, 0.25) is 0 Å². The van der Waals surface area contributed by atoms with Crippen LogP contribution in [-0.4, -0.2) is 31.3 Å². The Hall–Kier alpha value is -0.610. The van der Waals surface area contributed by atoms with E-state index in [0.717, 1.165) is 25.7 Å². The van der Waals surface area contributed by atoms with Crippen molar-refractivity contribution in [3.05, 3.63) is 0 Å². The van der Waals surface area contributed by atoms with Gasteiger partial charge >= 0.3 is 5.97 Å². The third-order valence-electron chi connectivity index (χ3n) is 3.04. The number of hydrogen-bond donors (Lipinski definition) is 1. The quantitative estimate of drug-likeness (QED) is 0.656. The molecule has 80 valence electrons. The molecule has 1 aliphatic heterocycles. The van der Waals surface area contributed by atoms with Crippen LogP contribution in [0.3, 0.4) is 0 Å². The van der Waals surface area contributed by atoms with E-state index in [1.807, 2.05) is 0 Å². The van der Waals surface area contributed by atoms with E-state index in [9.17, 15) is 4.79 Å². The summed E-state index contributed by atoms with van der Waals surface area (Å²) in [5.41, 5.74) is 5.82. The number of nitrogens with two attached hydrogens (primary N) is 1. The summed E-state index contributed by atoms with van der Waals surface area (Å²) < 4.78 is 10.5. The summed E-state index contributed by atoms with van der Waals surface area (Å²) in [6.45, 7) is 1.25. The van der Waals surface area contributed by atoms with Gasteiger partial charge in [-0.25, -0.2) is 0 Å². The van der Waals surface area contributed by atoms with E-state index in [-0.39, 0.29) is 24.0 Å². The van der Waals surface area contributed by atoms with E-state index < -0.39 is 0 Å². The molecule has 14 heavy (non-hydrogen) atoms. The standard InChI is InChI=1S/C10H17NO3/c11-9-3-1-2-8(9)10(12)14-7-4-5-13-6-7/h7-9H,1-6,11H2/t7?,8-,9+/m0/s1. The lowest BCUT2D eigenvalue weighted by Crippen LogP contribution is -2.34. The number of carbonyl (C=O) groups is 1. The first-order valence-electron chi connectivity index (χ1n) is 5.31. The van der Waals surface area contributed by atoms with Gasteiger partial charge in [0, 0.05) is 12.5 Å². The molecule has 3 atom stereocenters. The SMILES string of the molecule is N[C@@H]1CCC[C@@H]1C(=O)OC1CCOC1. The molecular formula is C10H17NO3. The van der Waals surface area contributed by atoms with E-state index in [1.165, 1.54) is 0 Å². The van der Waals surface area contributed by atoms with Crippen molar-refractivity contribution in [2.24, 2.45) is 11.7 Å². The van der Waals surface area contributed by atoms with E-state index >= 15 is 0 Å². The lowest BCUT2D eigenvalue weighted by atomic mass is 10.1. The van der Waals surface area contributed by atoms with Crippen LogP contribution in [0.25, 0.3) is 0 Å². The molecule has 0 radical (unpaired) electrons. The fraction of sp³-hybridized carbons (Fsp3) is 0.900. The lowest BCUT2D eigenvalue weighted by Gasteiger charge is -2.17. The number of hydrogen-bond acceptors (Lipinski definition) is 4. The number of esters is 1. The van der Waals surface area contributed by atoms with Gasteiger partial charge in [0.05, 0.1) is 19.1 Å². The minimum atomic E-state index is -0.120. The molecule has 1 unspecified atom stereocenters.